The lowest BCUT2D eigenvalue weighted by Gasteiger charge is -2.11. The molecule has 0 spiro atoms. The highest BCUT2D eigenvalue weighted by Crippen LogP contribution is 2.35. The fraction of sp³-hybridized carbons (Fsp3) is 0.211. The van der Waals surface area contributed by atoms with Crippen LogP contribution in [0.4, 0.5) is 14.6 Å². The Morgan fingerprint density at radius 2 is 2.03 bits per heavy atom. The van der Waals surface area contributed by atoms with Crippen molar-refractivity contribution in [2.45, 2.75) is 25.8 Å². The Bertz CT molecular complexity index is 1330. The van der Waals surface area contributed by atoms with Crippen LogP contribution < -0.4 is 5.32 Å². The number of halogens is 2. The lowest BCUT2D eigenvalue weighted by molar-refractivity contribution is -0.119. The molecule has 4 aromatic heterocycles. The molecule has 150 valence electrons. The molecule has 0 fully saturated rings. The van der Waals surface area contributed by atoms with Gasteiger partial charge in [-0.05, 0) is 26.0 Å². The summed E-state index contributed by atoms with van der Waals surface area (Å²) < 4.78 is 29.4. The van der Waals surface area contributed by atoms with Crippen molar-refractivity contribution >= 4 is 22.8 Å². The van der Waals surface area contributed by atoms with Gasteiger partial charge in [-0.3, -0.25) is 9.78 Å². The summed E-state index contributed by atoms with van der Waals surface area (Å²) in [6, 6.07) is 2.78. The first-order valence-corrected chi connectivity index (χ1v) is 9.02. The van der Waals surface area contributed by atoms with Crippen molar-refractivity contribution in [1.29, 1.82) is 0 Å². The van der Waals surface area contributed by atoms with E-state index in [1.54, 1.807) is 13.8 Å². The van der Waals surface area contributed by atoms with Gasteiger partial charge in [-0.25, -0.2) is 23.4 Å². The number of fused-ring (bicyclic) bond motifs is 2. The summed E-state index contributed by atoms with van der Waals surface area (Å²) >= 11 is 0. The average molecular weight is 408 g/mol. The van der Waals surface area contributed by atoms with E-state index in [2.05, 4.69) is 35.6 Å². The second kappa shape index (κ2) is 6.31. The zero-order valence-electron chi connectivity index (χ0n) is 15.9. The zero-order chi connectivity index (χ0) is 21.0. The summed E-state index contributed by atoms with van der Waals surface area (Å²) in [5, 5.41) is 15.7. The van der Waals surface area contributed by atoms with Crippen LogP contribution in [0.2, 0.25) is 0 Å². The SMILES string of the molecule is CC1(C)C(=O)Nc2nc(-c3nn(Cc4ccncc4F)c4ncc(F)cc34)nnc21. The molecule has 9 nitrogen and oxygen atoms in total. The van der Waals surface area contributed by atoms with Gasteiger partial charge >= 0.3 is 0 Å². The molecule has 30 heavy (non-hydrogen) atoms. The molecule has 0 atom stereocenters. The summed E-state index contributed by atoms with van der Waals surface area (Å²) in [5.74, 6) is -0.930. The molecule has 0 bridgehead atoms. The fourth-order valence-electron chi connectivity index (χ4n) is 3.31. The topological polar surface area (TPSA) is 111 Å². The van der Waals surface area contributed by atoms with Crippen molar-refractivity contribution in [2.24, 2.45) is 0 Å². The van der Waals surface area contributed by atoms with Crippen molar-refractivity contribution in [3.05, 3.63) is 53.6 Å². The molecular formula is C19H14F2N8O. The molecule has 5 heterocycles. The van der Waals surface area contributed by atoms with Crippen LogP contribution >= 0.6 is 0 Å². The monoisotopic (exact) mass is 408 g/mol. The van der Waals surface area contributed by atoms with E-state index in [0.717, 1.165) is 12.4 Å². The van der Waals surface area contributed by atoms with Crippen LogP contribution in [-0.2, 0) is 16.8 Å². The number of amides is 1. The van der Waals surface area contributed by atoms with Crippen LogP contribution in [0.3, 0.4) is 0 Å². The Kier molecular flexibility index (Phi) is 3.82. The van der Waals surface area contributed by atoms with Gasteiger partial charge in [0.15, 0.2) is 11.5 Å². The van der Waals surface area contributed by atoms with Crippen LogP contribution in [0.1, 0.15) is 25.1 Å². The molecule has 0 unspecified atom stereocenters. The number of hydrogen-bond donors (Lipinski definition) is 1. The molecule has 1 aliphatic heterocycles. The summed E-state index contributed by atoms with van der Waals surface area (Å²) in [5.41, 5.74) is 0.455. The van der Waals surface area contributed by atoms with Crippen molar-refractivity contribution < 1.29 is 13.6 Å². The maximum atomic E-state index is 14.1. The Hall–Kier alpha value is -3.89. The minimum absolute atomic E-state index is 0.0472. The Balaban J connectivity index is 1.66. The average Bonchev–Trinajstić information content (AvgIpc) is 3.17. The van der Waals surface area contributed by atoms with Crippen LogP contribution in [0.15, 0.2) is 30.7 Å². The minimum atomic E-state index is -0.859. The molecule has 1 amide bonds. The van der Waals surface area contributed by atoms with Gasteiger partial charge in [0.1, 0.15) is 23.0 Å². The molecule has 0 saturated carbocycles. The number of anilines is 1. The van der Waals surface area contributed by atoms with Crippen LogP contribution in [0, 0.1) is 11.6 Å². The largest absolute Gasteiger partial charge is 0.308 e. The van der Waals surface area contributed by atoms with E-state index in [4.69, 9.17) is 0 Å². The second-order valence-electron chi connectivity index (χ2n) is 7.41. The van der Waals surface area contributed by atoms with E-state index in [9.17, 15) is 13.6 Å². The van der Waals surface area contributed by atoms with Crippen molar-refractivity contribution in [2.75, 3.05) is 5.32 Å². The number of carbonyl (C=O) groups excluding carboxylic acids is 1. The molecule has 4 aromatic rings. The predicted octanol–water partition coefficient (Wildman–Crippen LogP) is 2.23. The molecule has 0 aromatic carbocycles. The van der Waals surface area contributed by atoms with E-state index in [1.807, 2.05) is 0 Å². The number of hydrogen-bond acceptors (Lipinski definition) is 7. The second-order valence-corrected chi connectivity index (χ2v) is 7.41. The van der Waals surface area contributed by atoms with Gasteiger partial charge in [0, 0.05) is 11.8 Å². The van der Waals surface area contributed by atoms with Gasteiger partial charge in [0.2, 0.25) is 11.7 Å². The van der Waals surface area contributed by atoms with Crippen molar-refractivity contribution in [1.82, 2.24) is 34.9 Å². The molecule has 1 N–H and O–H groups in total. The summed E-state index contributed by atoms with van der Waals surface area (Å²) in [7, 11) is 0. The molecular weight excluding hydrogens is 394 g/mol. The quantitative estimate of drug-likeness (QED) is 0.553. The van der Waals surface area contributed by atoms with E-state index in [0.29, 0.717) is 22.3 Å². The zero-order valence-corrected chi connectivity index (χ0v) is 15.9. The third-order valence-electron chi connectivity index (χ3n) is 5.02. The summed E-state index contributed by atoms with van der Waals surface area (Å²) in [4.78, 5) is 24.4. The Morgan fingerprint density at radius 1 is 1.20 bits per heavy atom. The maximum absolute atomic E-state index is 14.1. The van der Waals surface area contributed by atoms with Crippen LogP contribution in [0.5, 0.6) is 0 Å². The first-order valence-electron chi connectivity index (χ1n) is 9.02. The first-order chi connectivity index (χ1) is 14.3. The number of nitrogens with zero attached hydrogens (tertiary/aromatic N) is 7. The molecule has 11 heteroatoms. The minimum Gasteiger partial charge on any atom is -0.308 e. The van der Waals surface area contributed by atoms with Gasteiger partial charge < -0.3 is 5.32 Å². The van der Waals surface area contributed by atoms with Crippen molar-refractivity contribution in [3.63, 3.8) is 0 Å². The number of rotatable bonds is 3. The number of nitrogens with one attached hydrogen (secondary N) is 1. The molecule has 0 aliphatic carbocycles. The third kappa shape index (κ3) is 2.70. The highest BCUT2D eigenvalue weighted by Gasteiger charge is 2.42. The lowest BCUT2D eigenvalue weighted by Crippen LogP contribution is -2.27. The summed E-state index contributed by atoms with van der Waals surface area (Å²) in [6.45, 7) is 3.49. The van der Waals surface area contributed by atoms with E-state index < -0.39 is 17.0 Å². The van der Waals surface area contributed by atoms with E-state index in [1.165, 1.54) is 23.0 Å². The third-order valence-corrected chi connectivity index (χ3v) is 5.02. The van der Waals surface area contributed by atoms with Gasteiger partial charge in [-0.15, -0.1) is 10.2 Å². The molecule has 0 saturated heterocycles. The van der Waals surface area contributed by atoms with Gasteiger partial charge in [-0.2, -0.15) is 5.10 Å². The van der Waals surface area contributed by atoms with E-state index in [-0.39, 0.29) is 29.8 Å². The van der Waals surface area contributed by atoms with Gasteiger partial charge in [0.05, 0.1) is 29.7 Å². The maximum Gasteiger partial charge on any atom is 0.237 e. The van der Waals surface area contributed by atoms with E-state index >= 15 is 0 Å². The van der Waals surface area contributed by atoms with Crippen LogP contribution in [-0.4, -0.2) is 40.8 Å². The van der Waals surface area contributed by atoms with Crippen molar-refractivity contribution in [3.8, 4) is 11.5 Å². The normalized spacial score (nSPS) is 14.7. The standard InChI is InChI=1S/C19H14F2N8O/c1-19(2)14-16(25-18(19)30)24-15(27-26-14)13-11-5-10(20)6-23-17(11)29(28-13)8-9-3-4-22-7-12(9)21/h3-7H,8H2,1-2H3,(H,24,25,27,30). The summed E-state index contributed by atoms with van der Waals surface area (Å²) in [6.07, 6.45) is 3.63. The number of aromatic nitrogens is 7. The number of carbonyl (C=O) groups is 1. The highest BCUT2D eigenvalue weighted by molar-refractivity contribution is 6.04. The van der Waals surface area contributed by atoms with Crippen LogP contribution in [0.25, 0.3) is 22.6 Å². The lowest BCUT2D eigenvalue weighted by atomic mass is 9.91. The van der Waals surface area contributed by atoms with Gasteiger partial charge in [0.25, 0.3) is 0 Å². The smallest absolute Gasteiger partial charge is 0.237 e. The Morgan fingerprint density at radius 3 is 2.83 bits per heavy atom. The molecule has 5 rings (SSSR count). The number of pyridine rings is 2. The predicted molar refractivity (Wildman–Crippen MR) is 101 cm³/mol. The Labute approximate surface area is 168 Å². The first kappa shape index (κ1) is 18.2. The molecule has 1 aliphatic rings. The van der Waals surface area contributed by atoms with Gasteiger partial charge in [-0.1, -0.05) is 0 Å². The fourth-order valence-corrected chi connectivity index (χ4v) is 3.31. The highest BCUT2D eigenvalue weighted by atomic mass is 19.1. The molecule has 0 radical (unpaired) electrons.